The highest BCUT2D eigenvalue weighted by Crippen LogP contribution is 2.27. The van der Waals surface area contributed by atoms with Gasteiger partial charge in [0, 0.05) is 0 Å². The van der Waals surface area contributed by atoms with Crippen molar-refractivity contribution in [3.05, 3.63) is 0 Å². The molecule has 0 atom stereocenters. The Bertz CT molecular complexity index is 491. The van der Waals surface area contributed by atoms with E-state index in [2.05, 4.69) is 0 Å². The van der Waals surface area contributed by atoms with Crippen LogP contribution in [0.15, 0.2) is 0 Å². The van der Waals surface area contributed by atoms with Gasteiger partial charge in [-0.15, -0.1) is 0 Å². The van der Waals surface area contributed by atoms with E-state index >= 15 is 0 Å². The smallest absolute Gasteiger partial charge is 0.330 e. The van der Waals surface area contributed by atoms with Crippen LogP contribution < -0.4 is 0 Å². The number of ether oxygens (including phenoxy) is 1. The number of imide groups is 1. The molecule has 1 heterocycles. The number of amides is 3. The quantitative estimate of drug-likeness (QED) is 0.604. The Morgan fingerprint density at radius 2 is 1.76 bits per heavy atom. The fourth-order valence-corrected chi connectivity index (χ4v) is 1.75. The lowest BCUT2D eigenvalue weighted by Gasteiger charge is -2.28. The molecule has 0 aromatic rings. The molecule has 0 unspecified atom stereocenters. The Labute approximate surface area is 122 Å². The van der Waals surface area contributed by atoms with Crippen LogP contribution in [0.4, 0.5) is 4.79 Å². The van der Waals surface area contributed by atoms with Crippen molar-refractivity contribution in [3.8, 4) is 0 Å². The summed E-state index contributed by atoms with van der Waals surface area (Å²) in [4.78, 5) is 48.3. The minimum Gasteiger partial charge on any atom is -0.480 e. The lowest BCUT2D eigenvalue weighted by Crippen LogP contribution is -2.46. The van der Waals surface area contributed by atoms with Crippen LogP contribution in [0.2, 0.25) is 0 Å². The highest BCUT2D eigenvalue weighted by atomic mass is 16.5. The van der Waals surface area contributed by atoms with E-state index in [4.69, 9.17) is 9.84 Å². The molecule has 1 N–H and O–H groups in total. The number of carboxylic acid groups (broad SMARTS) is 1. The van der Waals surface area contributed by atoms with Crippen molar-refractivity contribution in [1.82, 2.24) is 9.80 Å². The maximum Gasteiger partial charge on any atom is 0.330 e. The Balaban J connectivity index is 2.87. The molecule has 0 spiro atoms. The number of carbonyl (C=O) groups excluding carboxylic acids is 3. The minimum absolute atomic E-state index is 0.399. The molecule has 0 radical (unpaired) electrons. The van der Waals surface area contributed by atoms with E-state index in [0.717, 1.165) is 4.90 Å². The standard InChI is InChI=1S/C13H20N2O6/c1-12(2,3)10(19)21-7-15-11(20)14(6-8(16)17)9(18)13(15,4)5/h6-7H2,1-5H3,(H,16,17). The molecule has 1 fully saturated rings. The predicted molar refractivity (Wildman–Crippen MR) is 71.1 cm³/mol. The van der Waals surface area contributed by atoms with Gasteiger partial charge in [-0.2, -0.15) is 0 Å². The molecule has 118 valence electrons. The Morgan fingerprint density at radius 3 is 2.19 bits per heavy atom. The van der Waals surface area contributed by atoms with Gasteiger partial charge in [-0.25, -0.2) is 4.79 Å². The fourth-order valence-electron chi connectivity index (χ4n) is 1.75. The lowest BCUT2D eigenvalue weighted by molar-refractivity contribution is -0.158. The third-order valence-corrected chi connectivity index (χ3v) is 3.14. The molecule has 0 aliphatic carbocycles. The van der Waals surface area contributed by atoms with Crippen molar-refractivity contribution in [3.63, 3.8) is 0 Å². The van der Waals surface area contributed by atoms with Gasteiger partial charge in [0.15, 0.2) is 6.73 Å². The van der Waals surface area contributed by atoms with Crippen LogP contribution in [0.5, 0.6) is 0 Å². The summed E-state index contributed by atoms with van der Waals surface area (Å²) < 4.78 is 5.04. The molecule has 0 aromatic heterocycles. The van der Waals surface area contributed by atoms with Gasteiger partial charge in [-0.1, -0.05) is 0 Å². The van der Waals surface area contributed by atoms with E-state index in [1.54, 1.807) is 20.8 Å². The Morgan fingerprint density at radius 1 is 1.24 bits per heavy atom. The second-order valence-electron chi connectivity index (χ2n) is 6.37. The number of aliphatic carboxylic acids is 1. The molecule has 0 aromatic carbocycles. The number of hydrogen-bond acceptors (Lipinski definition) is 5. The number of esters is 1. The van der Waals surface area contributed by atoms with E-state index in [0.29, 0.717) is 4.90 Å². The van der Waals surface area contributed by atoms with Gasteiger partial charge in [0.1, 0.15) is 12.1 Å². The zero-order valence-corrected chi connectivity index (χ0v) is 12.8. The van der Waals surface area contributed by atoms with E-state index in [-0.39, 0.29) is 0 Å². The first-order valence-electron chi connectivity index (χ1n) is 6.41. The second-order valence-corrected chi connectivity index (χ2v) is 6.37. The van der Waals surface area contributed by atoms with E-state index < -0.39 is 48.1 Å². The Kier molecular flexibility index (Phi) is 4.31. The van der Waals surface area contributed by atoms with Gasteiger partial charge in [-0.3, -0.25) is 24.2 Å². The predicted octanol–water partition coefficient (Wildman–Crippen LogP) is 0.661. The van der Waals surface area contributed by atoms with Crippen LogP contribution in [0.3, 0.4) is 0 Å². The van der Waals surface area contributed by atoms with Gasteiger partial charge in [0.05, 0.1) is 5.41 Å². The van der Waals surface area contributed by atoms with E-state index in [1.165, 1.54) is 13.8 Å². The van der Waals surface area contributed by atoms with Crippen LogP contribution in [0, 0.1) is 5.41 Å². The summed E-state index contributed by atoms with van der Waals surface area (Å²) >= 11 is 0. The third-order valence-electron chi connectivity index (χ3n) is 3.14. The molecular weight excluding hydrogens is 280 g/mol. The summed E-state index contributed by atoms with van der Waals surface area (Å²) in [7, 11) is 0. The SMILES string of the molecule is CC(C)(C)C(=O)OCN1C(=O)N(CC(=O)O)C(=O)C1(C)C. The summed E-state index contributed by atoms with van der Waals surface area (Å²) in [5.41, 5.74) is -2.00. The maximum absolute atomic E-state index is 12.1. The summed E-state index contributed by atoms with van der Waals surface area (Å²) in [5, 5.41) is 8.74. The molecule has 8 nitrogen and oxygen atoms in total. The number of carboxylic acids is 1. The average Bonchev–Trinajstić information content (AvgIpc) is 2.46. The van der Waals surface area contributed by atoms with E-state index in [1.807, 2.05) is 0 Å². The van der Waals surface area contributed by atoms with Gasteiger partial charge in [-0.05, 0) is 34.6 Å². The zero-order valence-electron chi connectivity index (χ0n) is 12.8. The van der Waals surface area contributed by atoms with Gasteiger partial charge >= 0.3 is 18.0 Å². The molecule has 1 rings (SSSR count). The van der Waals surface area contributed by atoms with Crippen LogP contribution in [0.1, 0.15) is 34.6 Å². The highest BCUT2D eigenvalue weighted by molar-refractivity contribution is 6.08. The van der Waals surface area contributed by atoms with Crippen molar-refractivity contribution < 1.29 is 29.0 Å². The topological polar surface area (TPSA) is 104 Å². The van der Waals surface area contributed by atoms with Crippen molar-refractivity contribution in [2.75, 3.05) is 13.3 Å². The molecule has 3 amide bonds. The monoisotopic (exact) mass is 300 g/mol. The number of urea groups is 1. The maximum atomic E-state index is 12.1. The highest BCUT2D eigenvalue weighted by Gasteiger charge is 2.52. The first-order chi connectivity index (χ1) is 9.39. The number of hydrogen-bond donors (Lipinski definition) is 1. The fraction of sp³-hybridized carbons (Fsp3) is 0.692. The normalized spacial score (nSPS) is 18.1. The summed E-state index contributed by atoms with van der Waals surface area (Å²) in [5.74, 6) is -2.45. The minimum atomic E-state index is -1.29. The number of rotatable bonds is 4. The summed E-state index contributed by atoms with van der Waals surface area (Å²) in [6, 6.07) is -0.783. The van der Waals surface area contributed by atoms with Crippen molar-refractivity contribution in [2.24, 2.45) is 5.41 Å². The molecule has 0 bridgehead atoms. The van der Waals surface area contributed by atoms with Gasteiger partial charge < -0.3 is 9.84 Å². The molecule has 21 heavy (non-hydrogen) atoms. The van der Waals surface area contributed by atoms with E-state index in [9.17, 15) is 19.2 Å². The van der Waals surface area contributed by atoms with Crippen LogP contribution in [-0.4, -0.2) is 57.6 Å². The van der Waals surface area contributed by atoms with Gasteiger partial charge in [0.2, 0.25) is 0 Å². The zero-order chi connectivity index (χ0) is 16.6. The van der Waals surface area contributed by atoms with Crippen molar-refractivity contribution >= 4 is 23.9 Å². The molecule has 1 saturated heterocycles. The molecule has 1 aliphatic heterocycles. The van der Waals surface area contributed by atoms with Crippen LogP contribution in [0.25, 0.3) is 0 Å². The lowest BCUT2D eigenvalue weighted by atomic mass is 9.97. The van der Waals surface area contributed by atoms with Crippen LogP contribution in [-0.2, 0) is 19.1 Å². The first-order valence-corrected chi connectivity index (χ1v) is 6.41. The number of carbonyl (C=O) groups is 4. The Hall–Kier alpha value is -2.12. The first kappa shape index (κ1) is 16.9. The summed E-state index contributed by atoms with van der Waals surface area (Å²) in [6.45, 7) is 6.81. The summed E-state index contributed by atoms with van der Waals surface area (Å²) in [6.07, 6.45) is 0. The second kappa shape index (κ2) is 5.34. The molecular formula is C13H20N2O6. The molecule has 8 heteroatoms. The van der Waals surface area contributed by atoms with Crippen LogP contribution >= 0.6 is 0 Å². The average molecular weight is 300 g/mol. The molecule has 0 saturated carbocycles. The molecule has 1 aliphatic rings. The third kappa shape index (κ3) is 3.32. The van der Waals surface area contributed by atoms with Crippen molar-refractivity contribution in [2.45, 2.75) is 40.2 Å². The van der Waals surface area contributed by atoms with Gasteiger partial charge in [0.25, 0.3) is 5.91 Å². The van der Waals surface area contributed by atoms with Crippen molar-refractivity contribution in [1.29, 1.82) is 0 Å². The largest absolute Gasteiger partial charge is 0.480 e. The number of nitrogens with zero attached hydrogens (tertiary/aromatic N) is 2.